The number of aromatic hydroxyl groups is 1. The molecule has 2 N–H and O–H groups in total. The average Bonchev–Trinajstić information content (AvgIpc) is 2.22. The van der Waals surface area contributed by atoms with Gasteiger partial charge >= 0.3 is 0 Å². The summed E-state index contributed by atoms with van der Waals surface area (Å²) < 4.78 is 0. The van der Waals surface area contributed by atoms with Gasteiger partial charge in [-0.15, -0.1) is 10.2 Å². The van der Waals surface area contributed by atoms with Crippen molar-refractivity contribution >= 4 is 11.5 Å². The highest BCUT2D eigenvalue weighted by Gasteiger charge is 2.07. The summed E-state index contributed by atoms with van der Waals surface area (Å²) in [5, 5.41) is 26.1. The highest BCUT2D eigenvalue weighted by molar-refractivity contribution is 5.93. The third-order valence-electron chi connectivity index (χ3n) is 2.06. The third kappa shape index (κ3) is 3.41. The Morgan fingerprint density at radius 2 is 1.94 bits per heavy atom. The number of benzene rings is 1. The van der Waals surface area contributed by atoms with Crippen LogP contribution >= 0.6 is 0 Å². The van der Waals surface area contributed by atoms with Gasteiger partial charge in [-0.1, -0.05) is 6.07 Å². The standard InChI is InChI=1S/C12H14N2O3/c1-7-4-5-11(17)10(6-7)13-14-12(8(2)15)9(3)16/h4-6,15,17H,1-3H3/b12-8+,14-13?. The van der Waals surface area contributed by atoms with E-state index in [4.69, 9.17) is 0 Å². The van der Waals surface area contributed by atoms with Crippen molar-refractivity contribution in [3.63, 3.8) is 0 Å². The van der Waals surface area contributed by atoms with Crippen LogP contribution in [-0.2, 0) is 4.79 Å². The maximum atomic E-state index is 11.1. The first-order valence-corrected chi connectivity index (χ1v) is 5.04. The largest absolute Gasteiger partial charge is 0.510 e. The molecule has 1 aromatic rings. The van der Waals surface area contributed by atoms with Crippen LogP contribution in [0.4, 0.5) is 5.69 Å². The molecule has 17 heavy (non-hydrogen) atoms. The second kappa shape index (κ2) is 5.25. The topological polar surface area (TPSA) is 82.2 Å². The van der Waals surface area contributed by atoms with Gasteiger partial charge in [0.25, 0.3) is 0 Å². The van der Waals surface area contributed by atoms with Crippen LogP contribution < -0.4 is 0 Å². The highest BCUT2D eigenvalue weighted by Crippen LogP contribution is 2.27. The van der Waals surface area contributed by atoms with E-state index in [1.165, 1.54) is 19.9 Å². The molecule has 0 spiro atoms. The molecule has 1 aromatic carbocycles. The van der Waals surface area contributed by atoms with Gasteiger partial charge in [-0.3, -0.25) is 4.79 Å². The number of aliphatic hydroxyl groups excluding tert-OH is 1. The number of carbonyl (C=O) groups excluding carboxylic acids is 1. The van der Waals surface area contributed by atoms with Crippen LogP contribution in [0.25, 0.3) is 0 Å². The number of allylic oxidation sites excluding steroid dienone is 2. The molecule has 5 heteroatoms. The zero-order valence-corrected chi connectivity index (χ0v) is 9.93. The number of Topliss-reactive ketones (excluding diaryl/α,β-unsaturated/α-hetero) is 1. The quantitative estimate of drug-likeness (QED) is 0.478. The van der Waals surface area contributed by atoms with Gasteiger partial charge < -0.3 is 10.2 Å². The first-order chi connectivity index (χ1) is 7.91. The summed E-state index contributed by atoms with van der Waals surface area (Å²) in [6.45, 7) is 4.48. The zero-order chi connectivity index (χ0) is 13.0. The van der Waals surface area contributed by atoms with E-state index in [2.05, 4.69) is 10.2 Å². The van der Waals surface area contributed by atoms with Crippen molar-refractivity contribution in [2.75, 3.05) is 0 Å². The number of hydrogen-bond donors (Lipinski definition) is 2. The van der Waals surface area contributed by atoms with Crippen LogP contribution in [0.1, 0.15) is 19.4 Å². The molecule has 0 radical (unpaired) electrons. The Kier molecular flexibility index (Phi) is 3.98. The SMILES string of the molecule is CC(=O)/C(N=Nc1cc(C)ccc1O)=C(/C)O. The van der Waals surface area contributed by atoms with Gasteiger partial charge in [0.2, 0.25) is 0 Å². The van der Waals surface area contributed by atoms with Gasteiger partial charge in [0.05, 0.1) is 0 Å². The number of ketones is 1. The molecule has 1 rings (SSSR count). The molecule has 0 atom stereocenters. The summed E-state index contributed by atoms with van der Waals surface area (Å²) >= 11 is 0. The monoisotopic (exact) mass is 234 g/mol. The van der Waals surface area contributed by atoms with E-state index in [0.29, 0.717) is 0 Å². The van der Waals surface area contributed by atoms with E-state index in [0.717, 1.165) is 5.56 Å². The van der Waals surface area contributed by atoms with Gasteiger partial charge in [-0.25, -0.2) is 0 Å². The number of phenolic OH excluding ortho intramolecular Hbond substituents is 1. The molecule has 0 aliphatic heterocycles. The number of phenols is 1. The fourth-order valence-corrected chi connectivity index (χ4v) is 1.21. The van der Waals surface area contributed by atoms with Crippen molar-refractivity contribution in [1.82, 2.24) is 0 Å². The molecule has 0 aromatic heterocycles. The van der Waals surface area contributed by atoms with Crippen molar-refractivity contribution in [1.29, 1.82) is 0 Å². The van der Waals surface area contributed by atoms with E-state index in [-0.39, 0.29) is 28.7 Å². The summed E-state index contributed by atoms with van der Waals surface area (Å²) in [6.07, 6.45) is 0. The lowest BCUT2D eigenvalue weighted by Gasteiger charge is -2.00. The third-order valence-corrected chi connectivity index (χ3v) is 2.06. The Labute approximate surface area is 99.1 Å². The second-order valence-corrected chi connectivity index (χ2v) is 3.68. The van der Waals surface area contributed by atoms with Gasteiger partial charge in [0.1, 0.15) is 17.2 Å². The number of hydrogen-bond acceptors (Lipinski definition) is 5. The number of aryl methyl sites for hydroxylation is 1. The Bertz CT molecular complexity index is 500. The summed E-state index contributed by atoms with van der Waals surface area (Å²) in [5.41, 5.74) is 1.04. The van der Waals surface area contributed by atoms with Crippen molar-refractivity contribution < 1.29 is 15.0 Å². The summed E-state index contributed by atoms with van der Waals surface area (Å²) in [4.78, 5) is 11.1. The predicted molar refractivity (Wildman–Crippen MR) is 63.4 cm³/mol. The molecule has 0 unspecified atom stereocenters. The van der Waals surface area contributed by atoms with Crippen LogP contribution in [-0.4, -0.2) is 16.0 Å². The molecule has 90 valence electrons. The fourth-order valence-electron chi connectivity index (χ4n) is 1.21. The molecule has 0 fully saturated rings. The van der Waals surface area contributed by atoms with E-state index in [1.807, 2.05) is 6.92 Å². The Balaban J connectivity index is 3.09. The zero-order valence-electron chi connectivity index (χ0n) is 9.93. The summed E-state index contributed by atoms with van der Waals surface area (Å²) in [7, 11) is 0. The van der Waals surface area contributed by atoms with E-state index in [9.17, 15) is 15.0 Å². The fraction of sp³-hybridized carbons (Fsp3) is 0.250. The van der Waals surface area contributed by atoms with Crippen LogP contribution in [0.2, 0.25) is 0 Å². The van der Waals surface area contributed by atoms with Gasteiger partial charge in [-0.2, -0.15) is 0 Å². The summed E-state index contributed by atoms with van der Waals surface area (Å²) in [5.74, 6) is -0.618. The van der Waals surface area contributed by atoms with Crippen LogP contribution in [0.3, 0.4) is 0 Å². The van der Waals surface area contributed by atoms with Gasteiger partial charge in [0, 0.05) is 6.92 Å². The molecule has 0 saturated heterocycles. The van der Waals surface area contributed by atoms with E-state index in [1.54, 1.807) is 12.1 Å². The smallest absolute Gasteiger partial charge is 0.183 e. The maximum absolute atomic E-state index is 11.1. The Hall–Kier alpha value is -2.17. The van der Waals surface area contributed by atoms with E-state index >= 15 is 0 Å². The lowest BCUT2D eigenvalue weighted by Crippen LogP contribution is -1.96. The predicted octanol–water partition coefficient (Wildman–Crippen LogP) is 3.16. The minimum atomic E-state index is -0.388. The molecule has 0 aliphatic carbocycles. The molecule has 0 amide bonds. The number of rotatable bonds is 3. The first kappa shape index (κ1) is 12.9. The normalized spacial score (nSPS) is 12.6. The van der Waals surface area contributed by atoms with Crippen LogP contribution in [0, 0.1) is 6.92 Å². The second-order valence-electron chi connectivity index (χ2n) is 3.68. The highest BCUT2D eigenvalue weighted by atomic mass is 16.3. The number of carbonyl (C=O) groups is 1. The Morgan fingerprint density at radius 1 is 1.29 bits per heavy atom. The van der Waals surface area contributed by atoms with E-state index < -0.39 is 0 Å². The molecule has 5 nitrogen and oxygen atoms in total. The van der Waals surface area contributed by atoms with Crippen molar-refractivity contribution in [2.24, 2.45) is 10.2 Å². The first-order valence-electron chi connectivity index (χ1n) is 5.04. The number of nitrogens with zero attached hydrogens (tertiary/aromatic N) is 2. The maximum Gasteiger partial charge on any atom is 0.183 e. The summed E-state index contributed by atoms with van der Waals surface area (Å²) in [6, 6.07) is 4.85. The number of aliphatic hydroxyl groups is 1. The van der Waals surface area contributed by atoms with Gasteiger partial charge in [-0.05, 0) is 31.5 Å². The van der Waals surface area contributed by atoms with Crippen LogP contribution in [0.15, 0.2) is 39.9 Å². The average molecular weight is 234 g/mol. The lowest BCUT2D eigenvalue weighted by molar-refractivity contribution is -0.113. The molecular weight excluding hydrogens is 220 g/mol. The number of azo groups is 1. The van der Waals surface area contributed by atoms with Gasteiger partial charge in [0.15, 0.2) is 11.5 Å². The van der Waals surface area contributed by atoms with Crippen LogP contribution in [0.5, 0.6) is 5.75 Å². The molecular formula is C12H14N2O3. The minimum absolute atomic E-state index is 0.0298. The molecule has 0 heterocycles. The molecule has 0 bridgehead atoms. The molecule has 0 saturated carbocycles. The Morgan fingerprint density at radius 3 is 2.47 bits per heavy atom. The lowest BCUT2D eigenvalue weighted by atomic mass is 10.2. The molecule has 0 aliphatic rings. The van der Waals surface area contributed by atoms with Crippen molar-refractivity contribution in [2.45, 2.75) is 20.8 Å². The minimum Gasteiger partial charge on any atom is -0.510 e. The van der Waals surface area contributed by atoms with Crippen molar-refractivity contribution in [3.05, 3.63) is 35.2 Å². The van der Waals surface area contributed by atoms with Crippen molar-refractivity contribution in [3.8, 4) is 5.75 Å².